The van der Waals surface area contributed by atoms with Gasteiger partial charge in [0, 0.05) is 0 Å². The Bertz CT molecular complexity index is 362. The molecule has 0 heterocycles. The molecule has 0 aliphatic rings. The van der Waals surface area contributed by atoms with Crippen LogP contribution in [-0.4, -0.2) is 22.4 Å². The van der Waals surface area contributed by atoms with Crippen molar-refractivity contribution in [1.29, 1.82) is 0 Å². The van der Waals surface area contributed by atoms with Crippen LogP contribution in [0, 0.1) is 0 Å². The second-order valence-corrected chi connectivity index (χ2v) is 4.79. The second-order valence-electron chi connectivity index (χ2n) is 3.10. The van der Waals surface area contributed by atoms with E-state index >= 15 is 0 Å². The smallest absolute Gasteiger partial charge is 0.327 e. The number of hydrogen-bond donors (Lipinski definition) is 3. The molecule has 0 spiro atoms. The summed E-state index contributed by atoms with van der Waals surface area (Å²) in [4.78, 5) is 28.0. The third-order valence-electron chi connectivity index (χ3n) is 1.89. The number of carbonyl (C=O) groups excluding carboxylic acids is 1. The zero-order valence-electron chi connectivity index (χ0n) is 7.91. The van der Waals surface area contributed by atoms with Gasteiger partial charge in [-0.25, -0.2) is 0 Å². The molecule has 1 rings (SSSR count). The third-order valence-corrected chi connectivity index (χ3v) is 2.73. The Balaban J connectivity index is 2.84. The molecule has 0 aromatic heterocycles. The van der Waals surface area contributed by atoms with E-state index in [2.05, 4.69) is 5.32 Å². The summed E-state index contributed by atoms with van der Waals surface area (Å²) < 4.78 is 10.8. The van der Waals surface area contributed by atoms with E-state index in [0.717, 1.165) is 0 Å². The Morgan fingerprint density at radius 2 is 1.93 bits per heavy atom. The molecule has 0 bridgehead atoms. The van der Waals surface area contributed by atoms with Gasteiger partial charge in [0.15, 0.2) is 0 Å². The maximum atomic E-state index is 10.8. The Hall–Kier alpha value is -1.16. The molecule has 0 saturated heterocycles. The largest absolute Gasteiger partial charge is 0.351 e. The number of rotatable bonds is 5. The predicted octanol–water partition coefficient (Wildman–Crippen LogP) is 0.651. The van der Waals surface area contributed by atoms with Crippen molar-refractivity contribution in [3.05, 3.63) is 35.9 Å². The molecule has 1 unspecified atom stereocenters. The van der Waals surface area contributed by atoms with Gasteiger partial charge in [0.05, 0.1) is 12.2 Å². The lowest BCUT2D eigenvalue weighted by Crippen LogP contribution is -2.22. The van der Waals surface area contributed by atoms with E-state index in [1.54, 1.807) is 30.3 Å². The van der Waals surface area contributed by atoms with E-state index in [-0.39, 0.29) is 0 Å². The lowest BCUT2D eigenvalue weighted by atomic mass is 10.1. The summed E-state index contributed by atoms with van der Waals surface area (Å²) in [5.74, 6) is 0. The highest BCUT2D eigenvalue weighted by molar-refractivity contribution is 7.51. The van der Waals surface area contributed by atoms with Crippen LogP contribution in [0.15, 0.2) is 30.3 Å². The van der Waals surface area contributed by atoms with Crippen molar-refractivity contribution in [3.8, 4) is 0 Å². The Morgan fingerprint density at radius 3 is 2.40 bits per heavy atom. The molecule has 0 radical (unpaired) electrons. The molecule has 15 heavy (non-hydrogen) atoms. The molecule has 1 atom stereocenters. The highest BCUT2D eigenvalue weighted by Gasteiger charge is 2.22. The monoisotopic (exact) mass is 229 g/mol. The molecule has 1 amide bonds. The normalized spacial score (nSPS) is 13.2. The minimum atomic E-state index is -4.14. The van der Waals surface area contributed by atoms with Gasteiger partial charge in [0.2, 0.25) is 6.41 Å². The van der Waals surface area contributed by atoms with Gasteiger partial charge in [-0.2, -0.15) is 0 Å². The fraction of sp³-hybridized carbons (Fsp3) is 0.222. The average molecular weight is 229 g/mol. The summed E-state index contributed by atoms with van der Waals surface area (Å²) in [6.07, 6.45) is 0.0447. The average Bonchev–Trinajstić information content (AvgIpc) is 2.17. The summed E-state index contributed by atoms with van der Waals surface area (Å²) >= 11 is 0. The van der Waals surface area contributed by atoms with Crippen molar-refractivity contribution < 1.29 is 19.1 Å². The van der Waals surface area contributed by atoms with E-state index in [1.807, 2.05) is 0 Å². The fourth-order valence-electron chi connectivity index (χ4n) is 1.26. The van der Waals surface area contributed by atoms with Crippen LogP contribution in [0.5, 0.6) is 0 Å². The number of carbonyl (C=O) groups is 1. The minimum Gasteiger partial charge on any atom is -0.351 e. The van der Waals surface area contributed by atoms with E-state index in [4.69, 9.17) is 9.79 Å². The van der Waals surface area contributed by atoms with E-state index in [9.17, 15) is 9.36 Å². The lowest BCUT2D eigenvalue weighted by molar-refractivity contribution is -0.110. The van der Waals surface area contributed by atoms with Crippen molar-refractivity contribution in [2.24, 2.45) is 0 Å². The molecule has 1 aromatic carbocycles. The van der Waals surface area contributed by atoms with Crippen molar-refractivity contribution in [1.82, 2.24) is 5.32 Å². The summed E-state index contributed by atoms with van der Waals surface area (Å²) in [6, 6.07) is 8.04. The molecule has 0 aliphatic carbocycles. The molecule has 0 saturated carbocycles. The number of benzene rings is 1. The molecule has 0 fully saturated rings. The van der Waals surface area contributed by atoms with Gasteiger partial charge < -0.3 is 15.1 Å². The summed E-state index contributed by atoms with van der Waals surface area (Å²) in [6.45, 7) is 0. The van der Waals surface area contributed by atoms with E-state index < -0.39 is 19.8 Å². The van der Waals surface area contributed by atoms with Gasteiger partial charge in [-0.15, -0.1) is 0 Å². The highest BCUT2D eigenvalue weighted by Crippen LogP contribution is 2.38. The van der Waals surface area contributed by atoms with Crippen LogP contribution >= 0.6 is 7.60 Å². The number of amides is 1. The minimum absolute atomic E-state index is 0.393. The Labute approximate surface area is 87.3 Å². The Morgan fingerprint density at radius 1 is 1.33 bits per heavy atom. The quantitative estimate of drug-likeness (QED) is 0.511. The van der Waals surface area contributed by atoms with Crippen molar-refractivity contribution in [3.63, 3.8) is 0 Å². The SMILES string of the molecule is O=CNC(CP(=O)(O)O)c1ccccc1. The summed E-state index contributed by atoms with van der Waals surface area (Å²) in [7, 11) is -4.14. The highest BCUT2D eigenvalue weighted by atomic mass is 31.2. The zero-order chi connectivity index (χ0) is 11.3. The van der Waals surface area contributed by atoms with Gasteiger partial charge in [-0.3, -0.25) is 9.36 Å². The topological polar surface area (TPSA) is 86.6 Å². The van der Waals surface area contributed by atoms with Crippen LogP contribution in [0.2, 0.25) is 0 Å². The van der Waals surface area contributed by atoms with Crippen LogP contribution in [-0.2, 0) is 9.36 Å². The van der Waals surface area contributed by atoms with Crippen LogP contribution in [0.1, 0.15) is 11.6 Å². The van der Waals surface area contributed by atoms with Crippen LogP contribution < -0.4 is 5.32 Å². The molecule has 1 aromatic rings. The first-order chi connectivity index (χ1) is 7.03. The van der Waals surface area contributed by atoms with Crippen molar-refractivity contribution >= 4 is 14.0 Å². The van der Waals surface area contributed by atoms with Crippen LogP contribution in [0.3, 0.4) is 0 Å². The van der Waals surface area contributed by atoms with Gasteiger partial charge in [-0.05, 0) is 5.56 Å². The fourth-order valence-corrected chi connectivity index (χ4v) is 2.05. The first kappa shape index (κ1) is 11.9. The molecular weight excluding hydrogens is 217 g/mol. The van der Waals surface area contributed by atoms with Gasteiger partial charge >= 0.3 is 7.60 Å². The molecule has 3 N–H and O–H groups in total. The first-order valence-corrected chi connectivity index (χ1v) is 6.12. The maximum absolute atomic E-state index is 10.8. The van der Waals surface area contributed by atoms with Gasteiger partial charge in [0.1, 0.15) is 0 Å². The molecule has 5 nitrogen and oxygen atoms in total. The standard InChI is InChI=1S/C9H12NO4P/c11-7-10-9(6-15(12,13)14)8-4-2-1-3-5-8/h1-5,7,9H,6H2,(H,10,11)(H2,12,13,14). The first-order valence-electron chi connectivity index (χ1n) is 4.32. The van der Waals surface area contributed by atoms with Crippen molar-refractivity contribution in [2.45, 2.75) is 6.04 Å². The Kier molecular flexibility index (Phi) is 4.03. The molecule has 82 valence electrons. The second kappa shape index (κ2) is 5.07. The predicted molar refractivity (Wildman–Crippen MR) is 55.3 cm³/mol. The molecule has 0 aliphatic heterocycles. The lowest BCUT2D eigenvalue weighted by Gasteiger charge is -2.16. The van der Waals surface area contributed by atoms with Crippen LogP contribution in [0.4, 0.5) is 0 Å². The zero-order valence-corrected chi connectivity index (χ0v) is 8.80. The molecule has 6 heteroatoms. The van der Waals surface area contributed by atoms with E-state index in [1.165, 1.54) is 0 Å². The third kappa shape index (κ3) is 4.25. The molecular formula is C9H12NO4P. The summed E-state index contributed by atoms with van der Waals surface area (Å²) in [5, 5.41) is 2.38. The number of nitrogens with one attached hydrogen (secondary N) is 1. The van der Waals surface area contributed by atoms with Crippen molar-refractivity contribution in [2.75, 3.05) is 6.16 Å². The maximum Gasteiger partial charge on any atom is 0.327 e. The summed E-state index contributed by atoms with van der Waals surface area (Å²) in [5.41, 5.74) is 0.674. The van der Waals surface area contributed by atoms with Gasteiger partial charge in [0.25, 0.3) is 0 Å². The van der Waals surface area contributed by atoms with E-state index in [0.29, 0.717) is 12.0 Å². The number of hydrogen-bond acceptors (Lipinski definition) is 2. The van der Waals surface area contributed by atoms with Crippen LogP contribution in [0.25, 0.3) is 0 Å². The van der Waals surface area contributed by atoms with Gasteiger partial charge in [-0.1, -0.05) is 30.3 Å².